The Labute approximate surface area is 110 Å². The smallest absolute Gasteiger partial charge is 0.292 e. The second-order valence-electron chi connectivity index (χ2n) is 4.74. The van der Waals surface area contributed by atoms with Crippen LogP contribution in [0.15, 0.2) is 22.7 Å². The molecule has 0 saturated heterocycles. The number of hydrogen-bond acceptors (Lipinski definition) is 5. The third kappa shape index (κ3) is 2.42. The van der Waals surface area contributed by atoms with Gasteiger partial charge < -0.3 is 15.6 Å². The molecule has 19 heavy (non-hydrogen) atoms. The number of amides is 1. The van der Waals surface area contributed by atoms with Gasteiger partial charge in [-0.1, -0.05) is 11.2 Å². The van der Waals surface area contributed by atoms with Crippen molar-refractivity contribution >= 4 is 11.6 Å². The fraction of sp³-hybridized carbons (Fsp3) is 0.308. The summed E-state index contributed by atoms with van der Waals surface area (Å²) in [6.45, 7) is 1.92. The van der Waals surface area contributed by atoms with Gasteiger partial charge in [-0.2, -0.15) is 4.98 Å². The molecule has 3 rings (SSSR count). The normalized spacial score (nSPS) is 14.4. The summed E-state index contributed by atoms with van der Waals surface area (Å²) in [4.78, 5) is 15.8. The van der Waals surface area contributed by atoms with Gasteiger partial charge in [0.2, 0.25) is 0 Å². The fourth-order valence-corrected chi connectivity index (χ4v) is 1.68. The number of rotatable bonds is 3. The minimum atomic E-state index is -0.294. The van der Waals surface area contributed by atoms with E-state index in [1.54, 1.807) is 6.07 Å². The topological polar surface area (TPSA) is 94.0 Å². The van der Waals surface area contributed by atoms with Crippen LogP contribution < -0.4 is 11.1 Å². The summed E-state index contributed by atoms with van der Waals surface area (Å²) >= 11 is 0. The highest BCUT2D eigenvalue weighted by atomic mass is 16.5. The number of nitrogens with one attached hydrogen (secondary N) is 1. The number of carbonyl (C=O) groups is 1. The van der Waals surface area contributed by atoms with Crippen molar-refractivity contribution < 1.29 is 9.32 Å². The minimum Gasteiger partial charge on any atom is -0.398 e. The molecule has 0 atom stereocenters. The van der Waals surface area contributed by atoms with Crippen molar-refractivity contribution in [3.05, 3.63) is 29.6 Å². The van der Waals surface area contributed by atoms with Gasteiger partial charge in [-0.05, 0) is 37.5 Å². The lowest BCUT2D eigenvalue weighted by Crippen LogP contribution is -2.26. The highest BCUT2D eigenvalue weighted by Gasteiger charge is 2.26. The monoisotopic (exact) mass is 258 g/mol. The second-order valence-corrected chi connectivity index (χ2v) is 4.74. The maximum absolute atomic E-state index is 11.7. The predicted octanol–water partition coefficient (Wildman–Crippen LogP) is 1.52. The van der Waals surface area contributed by atoms with E-state index < -0.39 is 0 Å². The van der Waals surface area contributed by atoms with E-state index in [9.17, 15) is 4.79 Å². The highest BCUT2D eigenvalue weighted by Crippen LogP contribution is 2.23. The summed E-state index contributed by atoms with van der Waals surface area (Å²) in [5.74, 6) is 0.0614. The van der Waals surface area contributed by atoms with Gasteiger partial charge >= 0.3 is 0 Å². The quantitative estimate of drug-likeness (QED) is 0.814. The highest BCUT2D eigenvalue weighted by molar-refractivity contribution is 5.91. The van der Waals surface area contributed by atoms with Gasteiger partial charge in [0.05, 0.1) is 0 Å². The molecule has 98 valence electrons. The van der Waals surface area contributed by atoms with E-state index in [0.717, 1.165) is 18.4 Å². The fourth-order valence-electron chi connectivity index (χ4n) is 1.68. The lowest BCUT2D eigenvalue weighted by atomic mass is 10.1. The number of aromatic nitrogens is 2. The summed E-state index contributed by atoms with van der Waals surface area (Å²) in [5, 5.41) is 6.49. The summed E-state index contributed by atoms with van der Waals surface area (Å²) in [5.41, 5.74) is 8.17. The van der Waals surface area contributed by atoms with Crippen molar-refractivity contribution in [3.63, 3.8) is 0 Å². The van der Waals surface area contributed by atoms with Crippen LogP contribution in [0.1, 0.15) is 29.0 Å². The Morgan fingerprint density at radius 2 is 2.26 bits per heavy atom. The second kappa shape index (κ2) is 4.38. The lowest BCUT2D eigenvalue weighted by molar-refractivity contribution is 0.0937. The van der Waals surface area contributed by atoms with Gasteiger partial charge in [0.1, 0.15) is 0 Å². The molecule has 1 amide bonds. The van der Waals surface area contributed by atoms with Crippen molar-refractivity contribution in [2.45, 2.75) is 25.8 Å². The zero-order valence-corrected chi connectivity index (χ0v) is 10.5. The Morgan fingerprint density at radius 3 is 2.95 bits per heavy atom. The van der Waals surface area contributed by atoms with E-state index in [1.807, 2.05) is 19.1 Å². The molecule has 1 aromatic heterocycles. The van der Waals surface area contributed by atoms with Crippen molar-refractivity contribution in [1.82, 2.24) is 15.5 Å². The lowest BCUT2D eigenvalue weighted by Gasteiger charge is -2.00. The van der Waals surface area contributed by atoms with Crippen LogP contribution >= 0.6 is 0 Å². The Morgan fingerprint density at radius 1 is 1.47 bits per heavy atom. The average Bonchev–Trinajstić information content (AvgIpc) is 3.06. The molecule has 1 fully saturated rings. The molecule has 0 unspecified atom stereocenters. The molecule has 6 heteroatoms. The van der Waals surface area contributed by atoms with Crippen LogP contribution in [0.5, 0.6) is 0 Å². The third-order valence-electron chi connectivity index (χ3n) is 3.07. The molecule has 0 aliphatic heterocycles. The first-order chi connectivity index (χ1) is 9.13. The number of anilines is 1. The molecule has 0 bridgehead atoms. The average molecular weight is 258 g/mol. The summed E-state index contributed by atoms with van der Waals surface area (Å²) < 4.78 is 5.09. The molecule has 0 radical (unpaired) electrons. The minimum absolute atomic E-state index is 0.0565. The SMILES string of the molecule is Cc1ccc(-c2nc(C(=O)NC3CC3)no2)cc1N. The van der Waals surface area contributed by atoms with Gasteiger partial charge in [0.15, 0.2) is 0 Å². The van der Waals surface area contributed by atoms with Gasteiger partial charge in [0, 0.05) is 17.3 Å². The van der Waals surface area contributed by atoms with Gasteiger partial charge in [0.25, 0.3) is 17.6 Å². The molecule has 1 aromatic carbocycles. The van der Waals surface area contributed by atoms with Crippen LogP contribution in [0.3, 0.4) is 0 Å². The Bertz CT molecular complexity index is 631. The van der Waals surface area contributed by atoms with Crippen LogP contribution in [-0.4, -0.2) is 22.1 Å². The van der Waals surface area contributed by atoms with E-state index in [4.69, 9.17) is 10.3 Å². The van der Waals surface area contributed by atoms with Gasteiger partial charge in [-0.15, -0.1) is 0 Å². The molecule has 6 nitrogen and oxygen atoms in total. The van der Waals surface area contributed by atoms with Crippen molar-refractivity contribution in [2.75, 3.05) is 5.73 Å². The Hall–Kier alpha value is -2.37. The number of benzene rings is 1. The molecular weight excluding hydrogens is 244 g/mol. The van der Waals surface area contributed by atoms with Crippen molar-refractivity contribution in [1.29, 1.82) is 0 Å². The van der Waals surface area contributed by atoms with E-state index in [0.29, 0.717) is 17.1 Å². The van der Waals surface area contributed by atoms with Crippen LogP contribution in [0.25, 0.3) is 11.5 Å². The predicted molar refractivity (Wildman–Crippen MR) is 69.4 cm³/mol. The van der Waals surface area contributed by atoms with Crippen LogP contribution in [-0.2, 0) is 0 Å². The number of aryl methyl sites for hydroxylation is 1. The first-order valence-electron chi connectivity index (χ1n) is 6.14. The molecule has 0 spiro atoms. The molecule has 2 aromatic rings. The van der Waals surface area contributed by atoms with Crippen LogP contribution in [0, 0.1) is 6.92 Å². The molecular formula is C13H14N4O2. The zero-order valence-electron chi connectivity index (χ0n) is 10.5. The van der Waals surface area contributed by atoms with Gasteiger partial charge in [-0.3, -0.25) is 4.79 Å². The summed E-state index contributed by atoms with van der Waals surface area (Å²) in [6.07, 6.45) is 2.04. The maximum Gasteiger partial charge on any atom is 0.292 e. The zero-order chi connectivity index (χ0) is 13.4. The molecule has 1 heterocycles. The van der Waals surface area contributed by atoms with E-state index >= 15 is 0 Å². The molecule has 1 aliphatic carbocycles. The van der Waals surface area contributed by atoms with Crippen LogP contribution in [0.4, 0.5) is 5.69 Å². The van der Waals surface area contributed by atoms with E-state index in [2.05, 4.69) is 15.5 Å². The van der Waals surface area contributed by atoms with Crippen LogP contribution in [0.2, 0.25) is 0 Å². The number of nitrogen functional groups attached to an aromatic ring is 1. The third-order valence-corrected chi connectivity index (χ3v) is 3.07. The number of hydrogen-bond donors (Lipinski definition) is 2. The van der Waals surface area contributed by atoms with Crippen molar-refractivity contribution in [3.8, 4) is 11.5 Å². The number of nitrogens with zero attached hydrogens (tertiary/aromatic N) is 2. The van der Waals surface area contributed by atoms with Crippen molar-refractivity contribution in [2.24, 2.45) is 0 Å². The maximum atomic E-state index is 11.7. The summed E-state index contributed by atoms with van der Waals surface area (Å²) in [7, 11) is 0. The molecule has 1 saturated carbocycles. The Balaban J connectivity index is 1.83. The molecule has 1 aliphatic rings. The number of nitrogens with two attached hydrogens (primary N) is 1. The van der Waals surface area contributed by atoms with E-state index in [1.165, 1.54) is 0 Å². The summed E-state index contributed by atoms with van der Waals surface area (Å²) in [6, 6.07) is 5.73. The number of carbonyl (C=O) groups excluding carboxylic acids is 1. The largest absolute Gasteiger partial charge is 0.398 e. The van der Waals surface area contributed by atoms with Gasteiger partial charge in [-0.25, -0.2) is 0 Å². The Kier molecular flexibility index (Phi) is 2.70. The molecule has 3 N–H and O–H groups in total. The van der Waals surface area contributed by atoms with E-state index in [-0.39, 0.29) is 17.8 Å². The first-order valence-corrected chi connectivity index (χ1v) is 6.14. The first kappa shape index (κ1) is 11.7. The standard InChI is InChI=1S/C13H14N4O2/c1-7-2-3-8(6-10(7)14)13-16-11(17-19-13)12(18)15-9-4-5-9/h2-3,6,9H,4-5,14H2,1H3,(H,15,18).